The first-order chi connectivity index (χ1) is 8.69. The van der Waals surface area contributed by atoms with Gasteiger partial charge in [0, 0.05) is 0 Å². The van der Waals surface area contributed by atoms with Crippen LogP contribution < -0.4 is 24.8 Å². The van der Waals surface area contributed by atoms with Crippen molar-refractivity contribution in [2.75, 3.05) is 0 Å². The van der Waals surface area contributed by atoms with Gasteiger partial charge in [-0.25, -0.2) is 0 Å². The van der Waals surface area contributed by atoms with Gasteiger partial charge in [-0.1, -0.05) is 78.1 Å². The Morgan fingerprint density at radius 3 is 1.33 bits per heavy atom. The summed E-state index contributed by atoms with van der Waals surface area (Å²) in [5, 5.41) is 0. The van der Waals surface area contributed by atoms with Crippen LogP contribution in [0.5, 0.6) is 0 Å². The number of hydrogen-bond acceptors (Lipinski definition) is 0. The first kappa shape index (κ1) is 26.8. The van der Waals surface area contributed by atoms with Crippen LogP contribution in [-0.2, 0) is 26.2 Å². The molecule has 0 aliphatic heterocycles. The molecule has 120 valence electrons. The molecule has 0 saturated carbocycles. The van der Waals surface area contributed by atoms with Gasteiger partial charge in [-0.3, -0.25) is 11.1 Å². The molecule has 0 fully saturated rings. The average Bonchev–Trinajstić information content (AvgIpc) is 2.92. The van der Waals surface area contributed by atoms with Gasteiger partial charge < -0.3 is 37.0 Å². The molecule has 2 atom stereocenters. The predicted octanol–water partition coefficient (Wildman–Crippen LogP) is -0.103. The van der Waals surface area contributed by atoms with Crippen LogP contribution in [0.2, 0.25) is 0 Å². The second-order valence-electron chi connectivity index (χ2n) is 5.78. The van der Waals surface area contributed by atoms with E-state index < -0.39 is 0 Å². The molecule has 0 N–H and O–H groups in total. The van der Waals surface area contributed by atoms with Crippen LogP contribution in [0.25, 0.3) is 0 Å². The van der Waals surface area contributed by atoms with E-state index in [1.807, 2.05) is 0 Å². The van der Waals surface area contributed by atoms with Crippen molar-refractivity contribution in [1.29, 1.82) is 0 Å². The molecule has 0 spiro atoms. The molecule has 3 heteroatoms. The molecular formula is C18H30Cl2Zr. The first-order valence-electron chi connectivity index (χ1n) is 7.88. The number of allylic oxidation sites excluding steroid dienone is 4. The molecule has 0 heterocycles. The maximum absolute atomic E-state index is 3.42. The third-order valence-electron chi connectivity index (χ3n) is 4.09. The van der Waals surface area contributed by atoms with Crippen molar-refractivity contribution in [3.63, 3.8) is 0 Å². The summed E-state index contributed by atoms with van der Waals surface area (Å²) in [7, 11) is 0. The Morgan fingerprint density at radius 1 is 0.810 bits per heavy atom. The Kier molecular flexibility index (Phi) is 20.2. The van der Waals surface area contributed by atoms with Crippen LogP contribution in [0.4, 0.5) is 0 Å². The Hall–Kier alpha value is 0.943. The van der Waals surface area contributed by atoms with E-state index in [9.17, 15) is 0 Å². The summed E-state index contributed by atoms with van der Waals surface area (Å²) in [4.78, 5) is 0. The van der Waals surface area contributed by atoms with Gasteiger partial charge in [0.25, 0.3) is 0 Å². The molecule has 0 radical (unpaired) electrons. The van der Waals surface area contributed by atoms with E-state index in [1.54, 1.807) is 11.1 Å². The van der Waals surface area contributed by atoms with Crippen molar-refractivity contribution in [2.24, 2.45) is 11.8 Å². The molecule has 2 unspecified atom stereocenters. The summed E-state index contributed by atoms with van der Waals surface area (Å²) in [5.74, 6) is 1.68. The Bertz CT molecular complexity index is 268. The first-order valence-corrected chi connectivity index (χ1v) is 7.88. The van der Waals surface area contributed by atoms with Crippen LogP contribution in [0.3, 0.4) is 0 Å². The molecule has 0 bridgehead atoms. The molecule has 0 saturated heterocycles. The molecule has 0 aromatic rings. The van der Waals surface area contributed by atoms with E-state index in [4.69, 9.17) is 0 Å². The van der Waals surface area contributed by atoms with Gasteiger partial charge in [0.05, 0.1) is 0 Å². The topological polar surface area (TPSA) is 0 Å². The zero-order valence-corrected chi connectivity index (χ0v) is 18.0. The zero-order valence-electron chi connectivity index (χ0n) is 14.1. The van der Waals surface area contributed by atoms with Gasteiger partial charge in [-0.05, 0) is 0 Å². The molecule has 2 rings (SSSR count). The molecule has 2 aliphatic rings. The third-order valence-corrected chi connectivity index (χ3v) is 4.09. The zero-order chi connectivity index (χ0) is 13.4. The summed E-state index contributed by atoms with van der Waals surface area (Å²) in [6.45, 7) is 9.09. The number of halogens is 2. The predicted molar refractivity (Wildman–Crippen MR) is 80.1 cm³/mol. The van der Waals surface area contributed by atoms with Crippen LogP contribution in [0.15, 0.2) is 11.1 Å². The van der Waals surface area contributed by atoms with Crippen LogP contribution in [-0.4, -0.2) is 0 Å². The fourth-order valence-corrected chi connectivity index (χ4v) is 2.80. The Labute approximate surface area is 164 Å². The molecule has 21 heavy (non-hydrogen) atoms. The van der Waals surface area contributed by atoms with Crippen LogP contribution in [0, 0.1) is 24.0 Å². The number of rotatable bonds is 4. The summed E-state index contributed by atoms with van der Waals surface area (Å²) in [6.07, 6.45) is 17.1. The summed E-state index contributed by atoms with van der Waals surface area (Å²) in [5.41, 5.74) is 3.16. The van der Waals surface area contributed by atoms with E-state index >= 15 is 0 Å². The van der Waals surface area contributed by atoms with Crippen molar-refractivity contribution in [3.8, 4) is 0 Å². The minimum Gasteiger partial charge on any atom is -1.00 e. The maximum atomic E-state index is 3.42. The minimum atomic E-state index is 0. The minimum absolute atomic E-state index is 0. The molecule has 2 aliphatic carbocycles. The van der Waals surface area contributed by atoms with Gasteiger partial charge >= 0.3 is 26.2 Å². The Balaban J connectivity index is -0.000000270. The second kappa shape index (κ2) is 15.8. The monoisotopic (exact) mass is 406 g/mol. The van der Waals surface area contributed by atoms with Crippen LogP contribution in [0.1, 0.15) is 79.1 Å². The average molecular weight is 409 g/mol. The van der Waals surface area contributed by atoms with Crippen molar-refractivity contribution >= 4 is 0 Å². The number of hydrogen-bond donors (Lipinski definition) is 0. The van der Waals surface area contributed by atoms with Crippen molar-refractivity contribution < 1.29 is 51.0 Å². The van der Waals surface area contributed by atoms with Crippen molar-refractivity contribution in [3.05, 3.63) is 23.3 Å². The van der Waals surface area contributed by atoms with E-state index in [0.29, 0.717) is 0 Å². The van der Waals surface area contributed by atoms with Gasteiger partial charge in [0.15, 0.2) is 0 Å². The fourth-order valence-electron chi connectivity index (χ4n) is 2.80. The van der Waals surface area contributed by atoms with Gasteiger partial charge in [-0.15, -0.1) is 0 Å². The molecular weight excluding hydrogens is 378 g/mol. The Morgan fingerprint density at radius 2 is 1.14 bits per heavy atom. The largest absolute Gasteiger partial charge is 4.00 e. The normalized spacial score (nSPS) is 22.7. The molecule has 0 aromatic carbocycles. The van der Waals surface area contributed by atoms with Crippen molar-refractivity contribution in [1.82, 2.24) is 0 Å². The molecule has 0 amide bonds. The fraction of sp³-hybridized carbons (Fsp3) is 0.778. The maximum Gasteiger partial charge on any atom is 4.00 e. The van der Waals surface area contributed by atoms with E-state index in [1.165, 1.54) is 51.4 Å². The summed E-state index contributed by atoms with van der Waals surface area (Å²) in [6, 6.07) is 0. The SMILES string of the molecule is CCCC1=[C-]CCC1C.CCCC1=[C-]CCC1C.[Cl-].[Cl-].[Zr+4]. The standard InChI is InChI=1S/2C9H15.2ClH.Zr/c2*1-3-5-9-7-4-6-8(9)2;;;/h2*8H,3-6H2,1-2H3;2*1H;/q2*-1;;;+4/p-2. The summed E-state index contributed by atoms with van der Waals surface area (Å²) >= 11 is 0. The third kappa shape index (κ3) is 10.4. The quantitative estimate of drug-likeness (QED) is 0.570. The van der Waals surface area contributed by atoms with Crippen LogP contribution >= 0.6 is 0 Å². The van der Waals surface area contributed by atoms with Gasteiger partial charge in [0.2, 0.25) is 0 Å². The van der Waals surface area contributed by atoms with E-state index in [0.717, 1.165) is 11.8 Å². The van der Waals surface area contributed by atoms with Gasteiger partial charge in [-0.2, -0.15) is 12.8 Å². The summed E-state index contributed by atoms with van der Waals surface area (Å²) < 4.78 is 0. The van der Waals surface area contributed by atoms with E-state index in [2.05, 4.69) is 39.8 Å². The van der Waals surface area contributed by atoms with Gasteiger partial charge in [0.1, 0.15) is 0 Å². The smallest absolute Gasteiger partial charge is 1.00 e. The molecule has 0 nitrogen and oxygen atoms in total. The second-order valence-corrected chi connectivity index (χ2v) is 5.78. The van der Waals surface area contributed by atoms with E-state index in [-0.39, 0.29) is 51.0 Å². The van der Waals surface area contributed by atoms with Crippen molar-refractivity contribution in [2.45, 2.75) is 79.1 Å². The molecule has 0 aromatic heterocycles.